The van der Waals surface area contributed by atoms with Crippen LogP contribution in [0.15, 0.2) is 48.5 Å². The molecule has 2 aromatic carbocycles. The number of alkyl halides is 1. The summed E-state index contributed by atoms with van der Waals surface area (Å²) >= 11 is 0. The first-order valence-corrected chi connectivity index (χ1v) is 6.05. The first-order valence-electron chi connectivity index (χ1n) is 6.05. The molecule has 0 amide bonds. The highest BCUT2D eigenvalue weighted by atomic mass is 19.1. The molecule has 0 aromatic heterocycles. The Balaban J connectivity index is 0.000000444. The predicted molar refractivity (Wildman–Crippen MR) is 75.6 cm³/mol. The molecule has 0 radical (unpaired) electrons. The van der Waals surface area contributed by atoms with Gasteiger partial charge in [-0.05, 0) is 42.3 Å². The molecule has 0 spiro atoms. The lowest BCUT2D eigenvalue weighted by molar-refractivity contribution is -0.126. The lowest BCUT2D eigenvalue weighted by Gasteiger charge is -2.06. The van der Waals surface area contributed by atoms with Gasteiger partial charge < -0.3 is 9.47 Å². The maximum Gasteiger partial charge on any atom is 0.292 e. The number of hydrogen-bond donors (Lipinski definition) is 0. The zero-order chi connectivity index (χ0) is 14.8. The SMILES string of the molecule is COC=O.Cc1cccc(Oc2cccc(CF)c2)c1. The van der Waals surface area contributed by atoms with Crippen LogP contribution >= 0.6 is 0 Å². The molecular formula is C16H17FO3. The summed E-state index contributed by atoms with van der Waals surface area (Å²) in [7, 11) is 1.31. The lowest BCUT2D eigenvalue weighted by atomic mass is 10.2. The Bertz CT molecular complexity index is 541. The first-order chi connectivity index (χ1) is 9.69. The Morgan fingerprint density at radius 2 is 1.70 bits per heavy atom. The first kappa shape index (κ1) is 15.7. The fraction of sp³-hybridized carbons (Fsp3) is 0.188. The van der Waals surface area contributed by atoms with Crippen LogP contribution in [0.4, 0.5) is 4.39 Å². The maximum absolute atomic E-state index is 12.5. The van der Waals surface area contributed by atoms with E-state index >= 15 is 0 Å². The molecule has 0 atom stereocenters. The summed E-state index contributed by atoms with van der Waals surface area (Å²) in [6.45, 7) is 1.91. The number of halogens is 1. The molecule has 0 bridgehead atoms. The molecular weight excluding hydrogens is 259 g/mol. The van der Waals surface area contributed by atoms with Crippen LogP contribution in [0.5, 0.6) is 11.5 Å². The van der Waals surface area contributed by atoms with Crippen LogP contribution in [0, 0.1) is 6.92 Å². The number of methoxy groups -OCH3 is 1. The van der Waals surface area contributed by atoms with E-state index in [9.17, 15) is 4.39 Å². The largest absolute Gasteiger partial charge is 0.471 e. The van der Waals surface area contributed by atoms with Gasteiger partial charge in [0.25, 0.3) is 6.47 Å². The smallest absolute Gasteiger partial charge is 0.292 e. The second-order valence-corrected chi connectivity index (χ2v) is 4.03. The van der Waals surface area contributed by atoms with Crippen molar-refractivity contribution in [2.24, 2.45) is 0 Å². The van der Waals surface area contributed by atoms with E-state index in [1.54, 1.807) is 18.2 Å². The molecule has 0 fully saturated rings. The quantitative estimate of drug-likeness (QED) is 0.790. The van der Waals surface area contributed by atoms with Crippen molar-refractivity contribution in [2.75, 3.05) is 7.11 Å². The van der Waals surface area contributed by atoms with Crippen LogP contribution in [0.1, 0.15) is 11.1 Å². The van der Waals surface area contributed by atoms with Gasteiger partial charge in [-0.15, -0.1) is 0 Å². The zero-order valence-corrected chi connectivity index (χ0v) is 11.5. The monoisotopic (exact) mass is 276 g/mol. The molecule has 2 rings (SSSR count). The van der Waals surface area contributed by atoms with E-state index < -0.39 is 6.67 Å². The van der Waals surface area contributed by atoms with Crippen molar-refractivity contribution < 1.29 is 18.7 Å². The fourth-order valence-electron chi connectivity index (χ4n) is 1.51. The van der Waals surface area contributed by atoms with E-state index in [0.29, 0.717) is 17.8 Å². The molecule has 0 saturated heterocycles. The summed E-state index contributed by atoms with van der Waals surface area (Å²) in [5.41, 5.74) is 1.77. The minimum Gasteiger partial charge on any atom is -0.471 e. The number of benzene rings is 2. The van der Waals surface area contributed by atoms with Gasteiger partial charge in [-0.3, -0.25) is 4.79 Å². The van der Waals surface area contributed by atoms with Crippen molar-refractivity contribution in [1.29, 1.82) is 0 Å². The minimum absolute atomic E-state index is 0.375. The van der Waals surface area contributed by atoms with Crippen molar-refractivity contribution in [3.63, 3.8) is 0 Å². The molecule has 20 heavy (non-hydrogen) atoms. The third-order valence-electron chi connectivity index (χ3n) is 2.37. The summed E-state index contributed by atoms with van der Waals surface area (Å²) in [6.07, 6.45) is 0. The Hall–Kier alpha value is -2.36. The van der Waals surface area contributed by atoms with Gasteiger partial charge in [0, 0.05) is 0 Å². The van der Waals surface area contributed by atoms with E-state index in [1.807, 2.05) is 37.3 Å². The van der Waals surface area contributed by atoms with Crippen LogP contribution in [0.25, 0.3) is 0 Å². The standard InChI is InChI=1S/C14H13FO.C2H4O2/c1-11-4-2-6-13(8-11)16-14-7-3-5-12(9-14)10-15;1-4-2-3/h2-9H,10H2,1H3;2H,1H3. The summed E-state index contributed by atoms with van der Waals surface area (Å²) < 4.78 is 21.9. The highest BCUT2D eigenvalue weighted by Gasteiger charge is 1.99. The van der Waals surface area contributed by atoms with Crippen LogP contribution in [0.2, 0.25) is 0 Å². The van der Waals surface area contributed by atoms with Gasteiger partial charge in [0.05, 0.1) is 7.11 Å². The zero-order valence-electron chi connectivity index (χ0n) is 11.5. The van der Waals surface area contributed by atoms with Gasteiger partial charge in [-0.25, -0.2) is 4.39 Å². The molecule has 0 aliphatic heterocycles. The number of aryl methyl sites for hydroxylation is 1. The molecule has 4 heteroatoms. The van der Waals surface area contributed by atoms with Crippen molar-refractivity contribution in [2.45, 2.75) is 13.6 Å². The van der Waals surface area contributed by atoms with Crippen LogP contribution < -0.4 is 4.74 Å². The number of carbonyl (C=O) groups is 1. The number of hydrogen-bond acceptors (Lipinski definition) is 3. The fourth-order valence-corrected chi connectivity index (χ4v) is 1.51. The molecule has 2 aromatic rings. The molecule has 0 N–H and O–H groups in total. The van der Waals surface area contributed by atoms with Crippen LogP contribution in [-0.2, 0) is 16.2 Å². The highest BCUT2D eigenvalue weighted by molar-refractivity contribution is 5.36. The van der Waals surface area contributed by atoms with Crippen molar-refractivity contribution in [3.05, 3.63) is 59.7 Å². The van der Waals surface area contributed by atoms with Gasteiger partial charge in [-0.1, -0.05) is 24.3 Å². The second kappa shape index (κ2) is 8.69. The Morgan fingerprint density at radius 3 is 2.25 bits per heavy atom. The van der Waals surface area contributed by atoms with E-state index in [-0.39, 0.29) is 0 Å². The Labute approximate surface area is 118 Å². The summed E-state index contributed by atoms with van der Waals surface area (Å²) in [5.74, 6) is 1.44. The summed E-state index contributed by atoms with van der Waals surface area (Å²) in [6, 6.07) is 14.8. The van der Waals surface area contributed by atoms with Crippen LogP contribution in [-0.4, -0.2) is 13.6 Å². The van der Waals surface area contributed by atoms with Crippen LogP contribution in [0.3, 0.4) is 0 Å². The van der Waals surface area contributed by atoms with E-state index in [1.165, 1.54) is 7.11 Å². The normalized spacial score (nSPS) is 9.15. The van der Waals surface area contributed by atoms with E-state index in [4.69, 9.17) is 9.53 Å². The van der Waals surface area contributed by atoms with E-state index in [2.05, 4.69) is 4.74 Å². The third-order valence-corrected chi connectivity index (χ3v) is 2.37. The number of carbonyl (C=O) groups excluding carboxylic acids is 1. The van der Waals surface area contributed by atoms with Crippen molar-refractivity contribution >= 4 is 6.47 Å². The summed E-state index contributed by atoms with van der Waals surface area (Å²) in [4.78, 5) is 8.95. The van der Waals surface area contributed by atoms with Crippen molar-refractivity contribution in [1.82, 2.24) is 0 Å². The van der Waals surface area contributed by atoms with Gasteiger partial charge in [-0.2, -0.15) is 0 Å². The van der Waals surface area contributed by atoms with Gasteiger partial charge >= 0.3 is 0 Å². The third kappa shape index (κ3) is 5.52. The molecule has 3 nitrogen and oxygen atoms in total. The maximum atomic E-state index is 12.5. The Kier molecular flexibility index (Phi) is 6.82. The average Bonchev–Trinajstić information content (AvgIpc) is 2.48. The second-order valence-electron chi connectivity index (χ2n) is 4.03. The van der Waals surface area contributed by atoms with E-state index in [0.717, 1.165) is 11.3 Å². The molecule has 0 unspecified atom stereocenters. The van der Waals surface area contributed by atoms with Gasteiger partial charge in [0.2, 0.25) is 0 Å². The Morgan fingerprint density at radius 1 is 1.10 bits per heavy atom. The topological polar surface area (TPSA) is 35.5 Å². The van der Waals surface area contributed by atoms with Crippen molar-refractivity contribution in [3.8, 4) is 11.5 Å². The molecule has 0 heterocycles. The minimum atomic E-state index is -0.467. The lowest BCUT2D eigenvalue weighted by Crippen LogP contribution is -1.86. The highest BCUT2D eigenvalue weighted by Crippen LogP contribution is 2.23. The predicted octanol–water partition coefficient (Wildman–Crippen LogP) is 4.05. The average molecular weight is 276 g/mol. The summed E-state index contributed by atoms with van der Waals surface area (Å²) in [5, 5.41) is 0. The molecule has 0 aliphatic carbocycles. The number of rotatable bonds is 4. The molecule has 0 saturated carbocycles. The molecule has 106 valence electrons. The molecule has 0 aliphatic rings. The van der Waals surface area contributed by atoms with Gasteiger partial charge in [0.15, 0.2) is 0 Å². The number of ether oxygens (including phenoxy) is 2. The van der Waals surface area contributed by atoms with Gasteiger partial charge in [0.1, 0.15) is 18.2 Å².